The van der Waals surface area contributed by atoms with Gasteiger partial charge in [-0.1, -0.05) is 29.4 Å². The molecule has 1 aliphatic rings. The van der Waals surface area contributed by atoms with E-state index in [0.29, 0.717) is 18.3 Å². The second-order valence-corrected chi connectivity index (χ2v) is 4.92. The Balaban J connectivity index is 1.75. The molecular formula is C14H17N3O2. The number of rotatable bonds is 5. The molecule has 0 radical (unpaired) electrons. The second kappa shape index (κ2) is 5.11. The highest BCUT2D eigenvalue weighted by Gasteiger charge is 2.30. The van der Waals surface area contributed by atoms with Crippen LogP contribution in [0.25, 0.3) is 0 Å². The summed E-state index contributed by atoms with van der Waals surface area (Å²) in [6, 6.07) is 7.62. The van der Waals surface area contributed by atoms with Gasteiger partial charge in [-0.05, 0) is 24.0 Å². The van der Waals surface area contributed by atoms with E-state index in [2.05, 4.69) is 10.1 Å². The molecule has 1 unspecified atom stereocenters. The molecule has 1 saturated carbocycles. The number of hydrogen-bond acceptors (Lipinski definition) is 5. The molecule has 0 amide bonds. The average Bonchev–Trinajstić information content (AvgIpc) is 3.17. The summed E-state index contributed by atoms with van der Waals surface area (Å²) in [5, 5.41) is 3.98. The van der Waals surface area contributed by atoms with Crippen molar-refractivity contribution in [1.82, 2.24) is 10.1 Å². The van der Waals surface area contributed by atoms with Gasteiger partial charge in [-0.2, -0.15) is 4.98 Å². The molecule has 1 fully saturated rings. The van der Waals surface area contributed by atoms with E-state index in [4.69, 9.17) is 15.0 Å². The van der Waals surface area contributed by atoms with Crippen molar-refractivity contribution in [2.45, 2.75) is 31.4 Å². The molecule has 0 aliphatic heterocycles. The first-order valence-electron chi connectivity index (χ1n) is 6.45. The highest BCUT2D eigenvalue weighted by atomic mass is 16.5. The average molecular weight is 259 g/mol. The summed E-state index contributed by atoms with van der Waals surface area (Å²) < 4.78 is 10.3. The van der Waals surface area contributed by atoms with Crippen molar-refractivity contribution in [3.05, 3.63) is 47.1 Å². The van der Waals surface area contributed by atoms with Crippen LogP contribution in [0.15, 0.2) is 28.8 Å². The van der Waals surface area contributed by atoms with Gasteiger partial charge in [0.05, 0.1) is 12.6 Å². The maximum absolute atomic E-state index is 6.16. The molecule has 1 aromatic carbocycles. The molecule has 1 atom stereocenters. The molecule has 5 heteroatoms. The molecular weight excluding hydrogens is 242 g/mol. The van der Waals surface area contributed by atoms with Gasteiger partial charge in [0.25, 0.3) is 0 Å². The van der Waals surface area contributed by atoms with Gasteiger partial charge in [0.2, 0.25) is 5.89 Å². The fourth-order valence-corrected chi connectivity index (χ4v) is 2.01. The van der Waals surface area contributed by atoms with Gasteiger partial charge in [-0.25, -0.2) is 0 Å². The molecule has 19 heavy (non-hydrogen) atoms. The molecule has 100 valence electrons. The van der Waals surface area contributed by atoms with E-state index in [1.165, 1.54) is 0 Å². The number of hydrogen-bond donors (Lipinski definition) is 1. The Bertz CT molecular complexity index is 546. The van der Waals surface area contributed by atoms with Gasteiger partial charge in [0.15, 0.2) is 5.82 Å². The van der Waals surface area contributed by atoms with Crippen molar-refractivity contribution in [1.29, 1.82) is 0 Å². The first-order chi connectivity index (χ1) is 9.28. The third-order valence-electron chi connectivity index (χ3n) is 3.31. The van der Waals surface area contributed by atoms with Gasteiger partial charge in [0, 0.05) is 13.0 Å². The van der Waals surface area contributed by atoms with E-state index in [-0.39, 0.29) is 6.04 Å². The standard InChI is InChI=1S/C14H17N3O2/c1-18-8-9-2-4-10(5-3-9)12(15)13-16-14(19-17-13)11-6-7-11/h2-5,11-12H,6-8,15H2,1H3. The molecule has 1 aromatic heterocycles. The van der Waals surface area contributed by atoms with Crippen LogP contribution in [0.2, 0.25) is 0 Å². The Morgan fingerprint density at radius 2 is 2.11 bits per heavy atom. The van der Waals surface area contributed by atoms with Crippen LogP contribution in [0, 0.1) is 0 Å². The van der Waals surface area contributed by atoms with Crippen molar-refractivity contribution in [2.75, 3.05) is 7.11 Å². The minimum atomic E-state index is -0.340. The number of nitrogens with two attached hydrogens (primary N) is 1. The van der Waals surface area contributed by atoms with Crippen LogP contribution in [0.5, 0.6) is 0 Å². The molecule has 1 aliphatic carbocycles. The lowest BCUT2D eigenvalue weighted by Gasteiger charge is -2.08. The predicted octanol–water partition coefficient (Wildman–Crippen LogP) is 2.14. The minimum Gasteiger partial charge on any atom is -0.380 e. The second-order valence-electron chi connectivity index (χ2n) is 4.92. The maximum atomic E-state index is 6.16. The zero-order chi connectivity index (χ0) is 13.2. The minimum absolute atomic E-state index is 0.340. The van der Waals surface area contributed by atoms with Crippen LogP contribution in [0.4, 0.5) is 0 Å². The maximum Gasteiger partial charge on any atom is 0.229 e. The Morgan fingerprint density at radius 3 is 2.74 bits per heavy atom. The number of benzene rings is 1. The third-order valence-corrected chi connectivity index (χ3v) is 3.31. The fourth-order valence-electron chi connectivity index (χ4n) is 2.01. The zero-order valence-electron chi connectivity index (χ0n) is 10.9. The number of nitrogens with zero attached hydrogens (tertiary/aromatic N) is 2. The Hall–Kier alpha value is -1.72. The van der Waals surface area contributed by atoms with Crippen molar-refractivity contribution in [3.63, 3.8) is 0 Å². The van der Waals surface area contributed by atoms with Gasteiger partial charge < -0.3 is 15.0 Å². The third kappa shape index (κ3) is 2.67. The normalized spacial score (nSPS) is 16.5. The predicted molar refractivity (Wildman–Crippen MR) is 69.5 cm³/mol. The van der Waals surface area contributed by atoms with Crippen molar-refractivity contribution < 1.29 is 9.26 Å². The van der Waals surface area contributed by atoms with E-state index in [9.17, 15) is 0 Å². The largest absolute Gasteiger partial charge is 0.380 e. The summed E-state index contributed by atoms with van der Waals surface area (Å²) in [5.74, 6) is 1.74. The molecule has 0 saturated heterocycles. The lowest BCUT2D eigenvalue weighted by molar-refractivity contribution is 0.185. The molecule has 0 bridgehead atoms. The van der Waals surface area contributed by atoms with E-state index in [1.54, 1.807) is 7.11 Å². The highest BCUT2D eigenvalue weighted by Crippen LogP contribution is 2.39. The van der Waals surface area contributed by atoms with E-state index in [0.717, 1.165) is 29.9 Å². The molecule has 3 rings (SSSR count). The van der Waals surface area contributed by atoms with Crippen molar-refractivity contribution in [2.24, 2.45) is 5.73 Å². The Morgan fingerprint density at radius 1 is 1.37 bits per heavy atom. The van der Waals surface area contributed by atoms with E-state index >= 15 is 0 Å². The SMILES string of the molecule is COCc1ccc(C(N)c2noc(C3CC3)n2)cc1. The molecule has 2 N–H and O–H groups in total. The van der Waals surface area contributed by atoms with Gasteiger partial charge in [-0.15, -0.1) is 0 Å². The number of aromatic nitrogens is 2. The van der Waals surface area contributed by atoms with Crippen LogP contribution in [-0.4, -0.2) is 17.3 Å². The monoisotopic (exact) mass is 259 g/mol. The molecule has 0 spiro atoms. The fraction of sp³-hybridized carbons (Fsp3) is 0.429. The summed E-state index contributed by atoms with van der Waals surface area (Å²) >= 11 is 0. The first-order valence-corrected chi connectivity index (χ1v) is 6.45. The van der Waals surface area contributed by atoms with Crippen LogP contribution in [0.1, 0.15) is 47.6 Å². The summed E-state index contributed by atoms with van der Waals surface area (Å²) in [6.45, 7) is 0.601. The molecule has 2 aromatic rings. The van der Waals surface area contributed by atoms with Crippen LogP contribution >= 0.6 is 0 Å². The van der Waals surface area contributed by atoms with Crippen molar-refractivity contribution in [3.8, 4) is 0 Å². The lowest BCUT2D eigenvalue weighted by Crippen LogP contribution is -2.13. The van der Waals surface area contributed by atoms with Crippen LogP contribution in [-0.2, 0) is 11.3 Å². The molecule has 1 heterocycles. The van der Waals surface area contributed by atoms with E-state index < -0.39 is 0 Å². The molecule has 5 nitrogen and oxygen atoms in total. The number of ether oxygens (including phenoxy) is 1. The zero-order valence-corrected chi connectivity index (χ0v) is 10.9. The Labute approximate surface area is 111 Å². The lowest BCUT2D eigenvalue weighted by atomic mass is 10.1. The summed E-state index contributed by atoms with van der Waals surface area (Å²) in [5.41, 5.74) is 8.25. The first kappa shape index (κ1) is 12.3. The van der Waals surface area contributed by atoms with Crippen LogP contribution in [0.3, 0.4) is 0 Å². The summed E-state index contributed by atoms with van der Waals surface area (Å²) in [7, 11) is 1.68. The summed E-state index contributed by atoms with van der Waals surface area (Å²) in [4.78, 5) is 4.38. The smallest absolute Gasteiger partial charge is 0.229 e. The van der Waals surface area contributed by atoms with Crippen molar-refractivity contribution >= 4 is 0 Å². The summed E-state index contributed by atoms with van der Waals surface area (Å²) in [6.07, 6.45) is 2.28. The van der Waals surface area contributed by atoms with Gasteiger partial charge in [0.1, 0.15) is 0 Å². The highest BCUT2D eigenvalue weighted by molar-refractivity contribution is 5.28. The van der Waals surface area contributed by atoms with E-state index in [1.807, 2.05) is 24.3 Å². The quantitative estimate of drug-likeness (QED) is 0.890. The topological polar surface area (TPSA) is 74.2 Å². The Kier molecular flexibility index (Phi) is 3.31. The van der Waals surface area contributed by atoms with Gasteiger partial charge >= 0.3 is 0 Å². The van der Waals surface area contributed by atoms with Crippen LogP contribution < -0.4 is 5.73 Å². The van der Waals surface area contributed by atoms with Gasteiger partial charge in [-0.3, -0.25) is 0 Å². The number of methoxy groups -OCH3 is 1.